The maximum absolute atomic E-state index is 11.3. The van der Waals surface area contributed by atoms with E-state index >= 15 is 0 Å². The number of aromatic nitrogens is 1. The highest BCUT2D eigenvalue weighted by Crippen LogP contribution is 2.28. The van der Waals surface area contributed by atoms with Gasteiger partial charge >= 0.3 is 11.3 Å². The monoisotopic (exact) mass is 262 g/mol. The molecule has 0 aliphatic heterocycles. The largest absolute Gasteiger partial charge is 0.508 e. The molecule has 7 heteroatoms. The summed E-state index contributed by atoms with van der Waals surface area (Å²) in [6, 6.07) is 4.53. The lowest BCUT2D eigenvalue weighted by atomic mass is 10.1. The first-order valence-corrected chi connectivity index (χ1v) is 5.62. The second-order valence-corrected chi connectivity index (χ2v) is 4.09. The summed E-state index contributed by atoms with van der Waals surface area (Å²) >= 11 is 0. The molecule has 2 aromatic heterocycles. The van der Waals surface area contributed by atoms with Crippen molar-refractivity contribution >= 4 is 16.6 Å². The first-order valence-electron chi connectivity index (χ1n) is 5.62. The van der Waals surface area contributed by atoms with E-state index in [1.165, 1.54) is 12.1 Å². The minimum Gasteiger partial charge on any atom is -0.508 e. The summed E-state index contributed by atoms with van der Waals surface area (Å²) in [6.45, 7) is 0.327. The standard InChI is InChI=1S/C12H10N2O5/c13-4-3-7-8-5-6(15)1-2-9(8)14-10(7)18-11(16)12(17)19-14/h1-2,5,15H,3-4,13H2. The van der Waals surface area contributed by atoms with Crippen LogP contribution in [0.1, 0.15) is 5.56 Å². The topological polar surface area (TPSA) is 111 Å². The Labute approximate surface area is 105 Å². The van der Waals surface area contributed by atoms with Gasteiger partial charge in [-0.1, -0.05) is 0 Å². The summed E-state index contributed by atoms with van der Waals surface area (Å²) in [4.78, 5) is 22.5. The van der Waals surface area contributed by atoms with Crippen LogP contribution in [0.3, 0.4) is 0 Å². The summed E-state index contributed by atoms with van der Waals surface area (Å²) < 4.78 is 11.0. The summed E-state index contributed by atoms with van der Waals surface area (Å²) in [6.07, 6.45) is 0.424. The van der Waals surface area contributed by atoms with Gasteiger partial charge in [-0.05, 0) is 31.2 Å². The van der Waals surface area contributed by atoms with Gasteiger partial charge in [0.05, 0.1) is 5.52 Å². The van der Waals surface area contributed by atoms with Crippen molar-refractivity contribution in [1.82, 2.24) is 4.57 Å². The Morgan fingerprint density at radius 2 is 2.05 bits per heavy atom. The Morgan fingerprint density at radius 3 is 2.79 bits per heavy atom. The number of phenolic OH excluding ortho intramolecular Hbond substituents is 1. The van der Waals surface area contributed by atoms with Crippen LogP contribution in [0, 0.1) is 0 Å². The van der Waals surface area contributed by atoms with Crippen molar-refractivity contribution in [2.24, 2.45) is 5.73 Å². The zero-order chi connectivity index (χ0) is 13.6. The van der Waals surface area contributed by atoms with E-state index in [9.17, 15) is 14.7 Å². The molecule has 0 saturated carbocycles. The fraction of sp³-hybridized carbons (Fsp3) is 0.167. The van der Waals surface area contributed by atoms with E-state index in [0.717, 1.165) is 4.57 Å². The van der Waals surface area contributed by atoms with Crippen LogP contribution in [0.2, 0.25) is 0 Å². The number of hydrogen-bond acceptors (Lipinski definition) is 6. The normalized spacial score (nSPS) is 11.4. The second-order valence-electron chi connectivity index (χ2n) is 4.09. The van der Waals surface area contributed by atoms with E-state index in [2.05, 4.69) is 0 Å². The molecule has 0 aliphatic carbocycles. The lowest BCUT2D eigenvalue weighted by Crippen LogP contribution is -2.23. The van der Waals surface area contributed by atoms with E-state index < -0.39 is 11.3 Å². The Balaban J connectivity index is 2.57. The lowest BCUT2D eigenvalue weighted by Gasteiger charge is -1.95. The maximum Gasteiger partial charge on any atom is 0.442 e. The highest BCUT2D eigenvalue weighted by Gasteiger charge is 2.17. The molecular weight excluding hydrogens is 252 g/mol. The minimum atomic E-state index is -1.09. The fourth-order valence-corrected chi connectivity index (χ4v) is 2.12. The minimum absolute atomic E-state index is 0.0615. The van der Waals surface area contributed by atoms with Gasteiger partial charge < -0.3 is 19.8 Å². The highest BCUT2D eigenvalue weighted by molar-refractivity contribution is 5.90. The molecule has 0 bridgehead atoms. The molecular formula is C12H10N2O5. The third-order valence-electron chi connectivity index (χ3n) is 2.89. The predicted molar refractivity (Wildman–Crippen MR) is 66.4 cm³/mol. The molecule has 3 N–H and O–H groups in total. The van der Waals surface area contributed by atoms with Crippen LogP contribution in [0.4, 0.5) is 0 Å². The molecule has 0 aliphatic rings. The molecule has 7 nitrogen and oxygen atoms in total. The Bertz CT molecular complexity index is 887. The van der Waals surface area contributed by atoms with Crippen LogP contribution in [-0.2, 0) is 6.42 Å². The van der Waals surface area contributed by atoms with Gasteiger partial charge in [-0.15, -0.1) is 4.57 Å². The molecule has 98 valence electrons. The van der Waals surface area contributed by atoms with Crippen LogP contribution >= 0.6 is 0 Å². The van der Waals surface area contributed by atoms with Gasteiger partial charge in [-0.3, -0.25) is 0 Å². The number of aromatic hydroxyl groups is 1. The third kappa shape index (κ3) is 1.63. The molecule has 19 heavy (non-hydrogen) atoms. The quantitative estimate of drug-likeness (QED) is 0.638. The van der Waals surface area contributed by atoms with Crippen molar-refractivity contribution in [2.75, 3.05) is 6.54 Å². The summed E-state index contributed by atoms with van der Waals surface area (Å²) in [5.74, 6) is 0.0615. The molecule has 0 radical (unpaired) electrons. The second kappa shape index (κ2) is 3.99. The predicted octanol–water partition coefficient (Wildman–Crippen LogP) is 0.206. The average molecular weight is 262 g/mol. The summed E-state index contributed by atoms with van der Waals surface area (Å²) in [5.41, 5.74) is 4.65. The van der Waals surface area contributed by atoms with Crippen molar-refractivity contribution in [3.63, 3.8) is 0 Å². The zero-order valence-electron chi connectivity index (χ0n) is 9.75. The molecule has 0 saturated heterocycles. The van der Waals surface area contributed by atoms with Gasteiger partial charge in [0.25, 0.3) is 0 Å². The van der Waals surface area contributed by atoms with Gasteiger partial charge in [0, 0.05) is 10.9 Å². The van der Waals surface area contributed by atoms with Crippen molar-refractivity contribution in [3.8, 4) is 5.75 Å². The van der Waals surface area contributed by atoms with Crippen molar-refractivity contribution < 1.29 is 14.0 Å². The summed E-state index contributed by atoms with van der Waals surface area (Å²) in [5, 5.41) is 10.2. The molecule has 0 fully saturated rings. The molecule has 3 rings (SSSR count). The number of hydrogen-bond donors (Lipinski definition) is 2. The van der Waals surface area contributed by atoms with Crippen molar-refractivity contribution in [2.45, 2.75) is 6.42 Å². The molecule has 1 aromatic carbocycles. The summed E-state index contributed by atoms with van der Waals surface area (Å²) in [7, 11) is 0. The number of benzene rings is 1. The maximum atomic E-state index is 11.3. The molecule has 0 spiro atoms. The van der Waals surface area contributed by atoms with Crippen LogP contribution in [0.5, 0.6) is 5.75 Å². The molecule has 2 heterocycles. The van der Waals surface area contributed by atoms with E-state index in [4.69, 9.17) is 14.7 Å². The first kappa shape index (κ1) is 11.5. The molecule has 0 atom stereocenters. The van der Waals surface area contributed by atoms with E-state index in [1.807, 2.05) is 0 Å². The fourth-order valence-electron chi connectivity index (χ4n) is 2.12. The molecule has 0 amide bonds. The smallest absolute Gasteiger partial charge is 0.442 e. The SMILES string of the molecule is NCCc1c2cc(O)ccc2n2oc(=O)c(=O)oc12. The van der Waals surface area contributed by atoms with Gasteiger partial charge in [0.2, 0.25) is 5.71 Å². The van der Waals surface area contributed by atoms with E-state index in [1.54, 1.807) is 6.07 Å². The van der Waals surface area contributed by atoms with Crippen LogP contribution in [-0.4, -0.2) is 16.2 Å². The van der Waals surface area contributed by atoms with Gasteiger partial charge in [0.15, 0.2) is 0 Å². The molecule has 0 unspecified atom stereocenters. The number of rotatable bonds is 2. The van der Waals surface area contributed by atoms with E-state index in [0.29, 0.717) is 29.4 Å². The van der Waals surface area contributed by atoms with Gasteiger partial charge in [-0.25, -0.2) is 9.59 Å². The Kier molecular flexibility index (Phi) is 2.42. The number of nitrogens with zero attached hydrogens (tertiary/aromatic N) is 1. The zero-order valence-corrected chi connectivity index (χ0v) is 9.75. The van der Waals surface area contributed by atoms with Crippen molar-refractivity contribution in [1.29, 1.82) is 0 Å². The van der Waals surface area contributed by atoms with Crippen LogP contribution in [0.15, 0.2) is 36.7 Å². The van der Waals surface area contributed by atoms with Gasteiger partial charge in [0.1, 0.15) is 5.75 Å². The van der Waals surface area contributed by atoms with Crippen LogP contribution < -0.4 is 17.0 Å². The third-order valence-corrected chi connectivity index (χ3v) is 2.89. The number of fused-ring (bicyclic) bond motifs is 3. The van der Waals surface area contributed by atoms with Gasteiger partial charge in [-0.2, -0.15) is 0 Å². The number of phenols is 1. The highest BCUT2D eigenvalue weighted by atomic mass is 16.5. The number of nitrogens with two attached hydrogens (primary N) is 1. The van der Waals surface area contributed by atoms with Crippen LogP contribution in [0.25, 0.3) is 16.6 Å². The van der Waals surface area contributed by atoms with E-state index in [-0.39, 0.29) is 11.5 Å². The first-order chi connectivity index (χ1) is 9.11. The Morgan fingerprint density at radius 1 is 1.26 bits per heavy atom. The average Bonchev–Trinajstić information content (AvgIpc) is 2.65. The molecule has 3 aromatic rings. The Hall–Kier alpha value is -2.54. The lowest BCUT2D eigenvalue weighted by molar-refractivity contribution is 0.286. The van der Waals surface area contributed by atoms with Crippen molar-refractivity contribution in [3.05, 3.63) is 44.6 Å².